The van der Waals surface area contributed by atoms with Gasteiger partial charge in [0.15, 0.2) is 0 Å². The fourth-order valence-corrected chi connectivity index (χ4v) is 3.21. The monoisotopic (exact) mass is 317 g/mol. The van der Waals surface area contributed by atoms with Gasteiger partial charge in [0.2, 0.25) is 0 Å². The summed E-state index contributed by atoms with van der Waals surface area (Å²) in [4.78, 5) is 19.3. The van der Waals surface area contributed by atoms with Crippen LogP contribution in [-0.4, -0.2) is 24.0 Å². The van der Waals surface area contributed by atoms with Gasteiger partial charge in [-0.25, -0.2) is 4.98 Å². The minimum absolute atomic E-state index is 0.103. The Morgan fingerprint density at radius 1 is 1.00 bits per heavy atom. The van der Waals surface area contributed by atoms with Crippen LogP contribution in [0.15, 0.2) is 60.8 Å². The third-order valence-corrected chi connectivity index (χ3v) is 4.48. The number of carbonyl (C=O) groups excluding carboxylic acids is 1. The molecule has 1 fully saturated rings. The summed E-state index contributed by atoms with van der Waals surface area (Å²) in [6.07, 6.45) is 4.09. The van der Waals surface area contributed by atoms with Gasteiger partial charge in [-0.2, -0.15) is 0 Å². The molecule has 2 aromatic carbocycles. The molecule has 0 atom stereocenters. The van der Waals surface area contributed by atoms with Crippen LogP contribution in [0.4, 0.5) is 11.5 Å². The van der Waals surface area contributed by atoms with Crippen LogP contribution in [-0.2, 0) is 0 Å². The number of hydrogen-bond acceptors (Lipinski definition) is 3. The van der Waals surface area contributed by atoms with E-state index in [1.54, 1.807) is 12.3 Å². The standard InChI is InChI=1S/C20H19N3O/c24-20(16-10-11-21-19(14-16)23-12-3-4-13-23)22-18-9-5-7-15-6-1-2-8-17(15)18/h1-2,5-11,14H,3-4,12-13H2,(H,22,24). The molecule has 0 radical (unpaired) electrons. The Morgan fingerprint density at radius 2 is 1.79 bits per heavy atom. The van der Waals surface area contributed by atoms with E-state index < -0.39 is 0 Å². The molecule has 1 aliphatic heterocycles. The molecule has 2 heterocycles. The van der Waals surface area contributed by atoms with Gasteiger partial charge in [-0.1, -0.05) is 36.4 Å². The van der Waals surface area contributed by atoms with Gasteiger partial charge in [0, 0.05) is 35.9 Å². The number of anilines is 2. The number of pyridine rings is 1. The van der Waals surface area contributed by atoms with Gasteiger partial charge in [0.05, 0.1) is 0 Å². The Bertz CT molecular complexity index is 879. The van der Waals surface area contributed by atoms with Crippen molar-refractivity contribution < 1.29 is 4.79 Å². The number of carbonyl (C=O) groups is 1. The molecular formula is C20H19N3O. The normalized spacial score (nSPS) is 14.1. The van der Waals surface area contributed by atoms with Crippen molar-refractivity contribution in [2.24, 2.45) is 0 Å². The van der Waals surface area contributed by atoms with Gasteiger partial charge in [0.1, 0.15) is 5.82 Å². The molecular weight excluding hydrogens is 298 g/mol. The second-order valence-electron chi connectivity index (χ2n) is 6.08. The highest BCUT2D eigenvalue weighted by atomic mass is 16.1. The summed E-state index contributed by atoms with van der Waals surface area (Å²) in [5.74, 6) is 0.785. The molecule has 4 nitrogen and oxygen atoms in total. The molecule has 1 saturated heterocycles. The summed E-state index contributed by atoms with van der Waals surface area (Å²) in [7, 11) is 0. The van der Waals surface area contributed by atoms with Gasteiger partial charge in [-0.15, -0.1) is 0 Å². The molecule has 1 aliphatic rings. The zero-order chi connectivity index (χ0) is 16.4. The predicted octanol–water partition coefficient (Wildman–Crippen LogP) is 4.09. The van der Waals surface area contributed by atoms with Crippen molar-refractivity contribution in [1.82, 2.24) is 4.98 Å². The van der Waals surface area contributed by atoms with Crippen LogP contribution in [0.3, 0.4) is 0 Å². The largest absolute Gasteiger partial charge is 0.357 e. The molecule has 0 saturated carbocycles. The molecule has 120 valence electrons. The van der Waals surface area contributed by atoms with Crippen LogP contribution < -0.4 is 10.2 Å². The van der Waals surface area contributed by atoms with Crippen LogP contribution in [0.5, 0.6) is 0 Å². The van der Waals surface area contributed by atoms with Crippen molar-refractivity contribution in [3.8, 4) is 0 Å². The lowest BCUT2D eigenvalue weighted by Crippen LogP contribution is -2.20. The lowest BCUT2D eigenvalue weighted by Gasteiger charge is -2.16. The molecule has 3 aromatic rings. The summed E-state index contributed by atoms with van der Waals surface area (Å²) in [6.45, 7) is 2.03. The summed E-state index contributed by atoms with van der Waals surface area (Å²) in [5, 5.41) is 5.19. The Balaban J connectivity index is 1.61. The van der Waals surface area contributed by atoms with Gasteiger partial charge in [0.25, 0.3) is 5.91 Å². The fourth-order valence-electron chi connectivity index (χ4n) is 3.21. The number of fused-ring (bicyclic) bond motifs is 1. The topological polar surface area (TPSA) is 45.2 Å². The van der Waals surface area contributed by atoms with Crippen LogP contribution in [0.25, 0.3) is 10.8 Å². The van der Waals surface area contributed by atoms with Gasteiger partial charge < -0.3 is 10.2 Å². The Hall–Kier alpha value is -2.88. The first-order valence-electron chi connectivity index (χ1n) is 8.31. The highest BCUT2D eigenvalue weighted by Crippen LogP contribution is 2.24. The summed E-state index contributed by atoms with van der Waals surface area (Å²) in [6, 6.07) is 17.6. The summed E-state index contributed by atoms with van der Waals surface area (Å²) >= 11 is 0. The number of aromatic nitrogens is 1. The van der Waals surface area contributed by atoms with Crippen molar-refractivity contribution in [3.05, 3.63) is 66.4 Å². The van der Waals surface area contributed by atoms with Gasteiger partial charge in [-0.05, 0) is 36.4 Å². The molecule has 0 aliphatic carbocycles. The first-order valence-corrected chi connectivity index (χ1v) is 8.31. The summed E-state index contributed by atoms with van der Waals surface area (Å²) in [5.41, 5.74) is 1.47. The number of rotatable bonds is 3. The third-order valence-electron chi connectivity index (χ3n) is 4.48. The molecule has 4 rings (SSSR count). The van der Waals surface area contributed by atoms with E-state index >= 15 is 0 Å². The molecule has 0 unspecified atom stereocenters. The molecule has 0 bridgehead atoms. The van der Waals surface area contributed by atoms with Crippen LogP contribution in [0, 0.1) is 0 Å². The van der Waals surface area contributed by atoms with Crippen molar-refractivity contribution >= 4 is 28.2 Å². The van der Waals surface area contributed by atoms with Crippen LogP contribution in [0.1, 0.15) is 23.2 Å². The average Bonchev–Trinajstić information content (AvgIpc) is 3.17. The minimum Gasteiger partial charge on any atom is -0.357 e. The number of nitrogens with one attached hydrogen (secondary N) is 1. The maximum absolute atomic E-state index is 12.7. The van der Waals surface area contributed by atoms with E-state index in [1.165, 1.54) is 12.8 Å². The average molecular weight is 317 g/mol. The fraction of sp³-hybridized carbons (Fsp3) is 0.200. The van der Waals surface area contributed by atoms with E-state index in [1.807, 2.05) is 48.5 Å². The highest BCUT2D eigenvalue weighted by Gasteiger charge is 2.15. The smallest absolute Gasteiger partial charge is 0.255 e. The zero-order valence-corrected chi connectivity index (χ0v) is 13.4. The molecule has 1 N–H and O–H groups in total. The highest BCUT2D eigenvalue weighted by molar-refractivity contribution is 6.09. The first kappa shape index (κ1) is 14.7. The molecule has 4 heteroatoms. The van der Waals surface area contributed by atoms with E-state index in [4.69, 9.17) is 0 Å². The van der Waals surface area contributed by atoms with Crippen molar-refractivity contribution in [2.45, 2.75) is 12.8 Å². The minimum atomic E-state index is -0.103. The second kappa shape index (κ2) is 6.32. The molecule has 1 aromatic heterocycles. The van der Waals surface area contributed by atoms with Crippen LogP contribution in [0.2, 0.25) is 0 Å². The molecule has 24 heavy (non-hydrogen) atoms. The van der Waals surface area contributed by atoms with Gasteiger partial charge in [-0.3, -0.25) is 4.79 Å². The van der Waals surface area contributed by atoms with Crippen molar-refractivity contribution in [3.63, 3.8) is 0 Å². The third kappa shape index (κ3) is 2.83. The van der Waals surface area contributed by atoms with Crippen molar-refractivity contribution in [2.75, 3.05) is 23.3 Å². The first-order chi connectivity index (χ1) is 11.8. The van der Waals surface area contributed by atoms with E-state index in [9.17, 15) is 4.79 Å². The van der Waals surface area contributed by atoms with Crippen molar-refractivity contribution in [1.29, 1.82) is 0 Å². The lowest BCUT2D eigenvalue weighted by atomic mass is 10.1. The molecule has 1 amide bonds. The van der Waals surface area contributed by atoms with Crippen LogP contribution >= 0.6 is 0 Å². The van der Waals surface area contributed by atoms with Gasteiger partial charge >= 0.3 is 0 Å². The number of amides is 1. The van der Waals surface area contributed by atoms with E-state index in [0.29, 0.717) is 5.56 Å². The lowest BCUT2D eigenvalue weighted by molar-refractivity contribution is 0.102. The molecule has 0 spiro atoms. The van der Waals surface area contributed by atoms with E-state index in [2.05, 4.69) is 15.2 Å². The SMILES string of the molecule is O=C(Nc1cccc2ccccc12)c1ccnc(N2CCCC2)c1. The maximum Gasteiger partial charge on any atom is 0.255 e. The number of benzene rings is 2. The predicted molar refractivity (Wildman–Crippen MR) is 97.6 cm³/mol. The Kier molecular flexibility index (Phi) is 3.87. The number of hydrogen-bond donors (Lipinski definition) is 1. The quantitative estimate of drug-likeness (QED) is 0.791. The zero-order valence-electron chi connectivity index (χ0n) is 13.4. The Labute approximate surface area is 141 Å². The number of nitrogens with zero attached hydrogens (tertiary/aromatic N) is 2. The van der Waals surface area contributed by atoms with E-state index in [-0.39, 0.29) is 5.91 Å². The van der Waals surface area contributed by atoms with E-state index in [0.717, 1.165) is 35.4 Å². The second-order valence-corrected chi connectivity index (χ2v) is 6.08. The maximum atomic E-state index is 12.7. The summed E-state index contributed by atoms with van der Waals surface area (Å²) < 4.78 is 0. The Morgan fingerprint density at radius 3 is 2.67 bits per heavy atom.